The summed E-state index contributed by atoms with van der Waals surface area (Å²) in [5, 5.41) is 7.52. The van der Waals surface area contributed by atoms with Crippen LogP contribution in [0.4, 0.5) is 11.5 Å². The number of hydrogen-bond acceptors (Lipinski definition) is 4. The van der Waals surface area contributed by atoms with Crippen LogP contribution in [-0.4, -0.2) is 11.5 Å². The van der Waals surface area contributed by atoms with E-state index in [0.717, 1.165) is 18.7 Å². The molecule has 0 saturated heterocycles. The maximum atomic E-state index is 5.71. The first-order chi connectivity index (χ1) is 7.36. The van der Waals surface area contributed by atoms with E-state index in [1.54, 1.807) is 17.5 Å². The molecule has 4 heteroatoms. The van der Waals surface area contributed by atoms with Gasteiger partial charge in [0.1, 0.15) is 5.82 Å². The molecule has 0 radical (unpaired) electrons. The molecule has 0 aliphatic rings. The third kappa shape index (κ3) is 2.70. The minimum Gasteiger partial charge on any atom is -0.382 e. The van der Waals surface area contributed by atoms with Crippen molar-refractivity contribution in [2.45, 2.75) is 6.42 Å². The lowest BCUT2D eigenvalue weighted by molar-refractivity contribution is 1.02. The summed E-state index contributed by atoms with van der Waals surface area (Å²) in [5.41, 5.74) is 7.97. The molecule has 2 aromatic rings. The Morgan fingerprint density at radius 1 is 1.40 bits per heavy atom. The molecule has 0 aromatic carbocycles. The van der Waals surface area contributed by atoms with Gasteiger partial charge in [-0.1, -0.05) is 0 Å². The van der Waals surface area contributed by atoms with E-state index in [1.165, 1.54) is 5.56 Å². The summed E-state index contributed by atoms with van der Waals surface area (Å²) in [7, 11) is 0. The third-order valence-corrected chi connectivity index (χ3v) is 2.88. The van der Waals surface area contributed by atoms with Crippen LogP contribution in [0.25, 0.3) is 0 Å². The van der Waals surface area contributed by atoms with Crippen LogP contribution >= 0.6 is 11.3 Å². The standard InChI is InChI=1S/C11H13N3S/c12-11-10(2-1-5-14-11)13-6-3-9-4-7-15-8-9/h1-2,4-5,7-8,13H,3,6H2,(H2,12,14). The van der Waals surface area contributed by atoms with Gasteiger partial charge in [-0.2, -0.15) is 11.3 Å². The number of thiophene rings is 1. The first kappa shape index (κ1) is 9.98. The number of aromatic nitrogens is 1. The molecule has 78 valence electrons. The van der Waals surface area contributed by atoms with E-state index < -0.39 is 0 Å². The normalized spacial score (nSPS) is 10.1. The SMILES string of the molecule is Nc1ncccc1NCCc1ccsc1. The summed E-state index contributed by atoms with van der Waals surface area (Å²) >= 11 is 1.72. The van der Waals surface area contributed by atoms with E-state index in [9.17, 15) is 0 Å². The minimum atomic E-state index is 0.558. The van der Waals surface area contributed by atoms with Gasteiger partial charge in [-0.15, -0.1) is 0 Å². The maximum absolute atomic E-state index is 5.71. The molecule has 0 atom stereocenters. The van der Waals surface area contributed by atoms with Gasteiger partial charge in [-0.3, -0.25) is 0 Å². The van der Waals surface area contributed by atoms with Crippen LogP contribution in [0.1, 0.15) is 5.56 Å². The predicted molar refractivity (Wildman–Crippen MR) is 65.2 cm³/mol. The number of hydrogen-bond donors (Lipinski definition) is 2. The van der Waals surface area contributed by atoms with Crippen molar-refractivity contribution >= 4 is 22.8 Å². The van der Waals surface area contributed by atoms with Crippen molar-refractivity contribution in [2.75, 3.05) is 17.6 Å². The van der Waals surface area contributed by atoms with Crippen molar-refractivity contribution in [3.05, 3.63) is 40.7 Å². The first-order valence-corrected chi connectivity index (χ1v) is 5.76. The van der Waals surface area contributed by atoms with E-state index in [2.05, 4.69) is 27.1 Å². The van der Waals surface area contributed by atoms with Crippen molar-refractivity contribution in [1.82, 2.24) is 4.98 Å². The number of nitrogen functional groups attached to an aromatic ring is 1. The Hall–Kier alpha value is -1.55. The molecular weight excluding hydrogens is 206 g/mol. The molecule has 0 aliphatic heterocycles. The summed E-state index contributed by atoms with van der Waals surface area (Å²) in [6.07, 6.45) is 2.71. The molecule has 0 aliphatic carbocycles. The van der Waals surface area contributed by atoms with Gasteiger partial charge in [-0.25, -0.2) is 4.98 Å². The molecule has 2 aromatic heterocycles. The fourth-order valence-electron chi connectivity index (χ4n) is 1.34. The molecule has 0 spiro atoms. The summed E-state index contributed by atoms with van der Waals surface area (Å²) in [5.74, 6) is 0.558. The van der Waals surface area contributed by atoms with Gasteiger partial charge in [0, 0.05) is 12.7 Å². The van der Waals surface area contributed by atoms with Crippen LogP contribution < -0.4 is 11.1 Å². The highest BCUT2D eigenvalue weighted by atomic mass is 32.1. The number of nitrogens with two attached hydrogens (primary N) is 1. The van der Waals surface area contributed by atoms with E-state index in [-0.39, 0.29) is 0 Å². The van der Waals surface area contributed by atoms with E-state index in [1.807, 2.05) is 12.1 Å². The van der Waals surface area contributed by atoms with Crippen LogP contribution in [0.15, 0.2) is 35.2 Å². The van der Waals surface area contributed by atoms with Crippen LogP contribution in [0, 0.1) is 0 Å². The monoisotopic (exact) mass is 219 g/mol. The van der Waals surface area contributed by atoms with Gasteiger partial charge in [-0.05, 0) is 40.9 Å². The number of nitrogens with zero attached hydrogens (tertiary/aromatic N) is 1. The quantitative estimate of drug-likeness (QED) is 0.830. The van der Waals surface area contributed by atoms with Crippen LogP contribution in [0.5, 0.6) is 0 Å². The average molecular weight is 219 g/mol. The highest BCUT2D eigenvalue weighted by Crippen LogP contribution is 2.14. The Balaban J connectivity index is 1.86. The second kappa shape index (κ2) is 4.79. The van der Waals surface area contributed by atoms with E-state index >= 15 is 0 Å². The van der Waals surface area contributed by atoms with Crippen LogP contribution in [0.3, 0.4) is 0 Å². The van der Waals surface area contributed by atoms with Crippen molar-refractivity contribution in [3.63, 3.8) is 0 Å². The first-order valence-electron chi connectivity index (χ1n) is 4.82. The number of rotatable bonds is 4. The van der Waals surface area contributed by atoms with Crippen molar-refractivity contribution < 1.29 is 0 Å². The van der Waals surface area contributed by atoms with Gasteiger partial charge in [0.15, 0.2) is 0 Å². The lowest BCUT2D eigenvalue weighted by atomic mass is 10.2. The molecule has 0 fully saturated rings. The Morgan fingerprint density at radius 3 is 3.07 bits per heavy atom. The van der Waals surface area contributed by atoms with Crippen molar-refractivity contribution in [1.29, 1.82) is 0 Å². The summed E-state index contributed by atoms with van der Waals surface area (Å²) < 4.78 is 0. The summed E-state index contributed by atoms with van der Waals surface area (Å²) in [6, 6.07) is 5.96. The number of nitrogens with one attached hydrogen (secondary N) is 1. The third-order valence-electron chi connectivity index (χ3n) is 2.15. The van der Waals surface area contributed by atoms with Crippen molar-refractivity contribution in [2.24, 2.45) is 0 Å². The zero-order valence-electron chi connectivity index (χ0n) is 8.31. The zero-order valence-corrected chi connectivity index (χ0v) is 9.13. The van der Waals surface area contributed by atoms with Gasteiger partial charge in [0.05, 0.1) is 5.69 Å². The molecule has 3 nitrogen and oxygen atoms in total. The fourth-order valence-corrected chi connectivity index (χ4v) is 2.05. The smallest absolute Gasteiger partial charge is 0.146 e. The lowest BCUT2D eigenvalue weighted by Crippen LogP contribution is -2.07. The number of anilines is 2. The Kier molecular flexibility index (Phi) is 3.19. The van der Waals surface area contributed by atoms with E-state index in [0.29, 0.717) is 5.82 Å². The van der Waals surface area contributed by atoms with Gasteiger partial charge in [0.2, 0.25) is 0 Å². The molecule has 3 N–H and O–H groups in total. The minimum absolute atomic E-state index is 0.558. The van der Waals surface area contributed by atoms with Gasteiger partial charge < -0.3 is 11.1 Å². The summed E-state index contributed by atoms with van der Waals surface area (Å²) in [4.78, 5) is 4.01. The molecule has 2 heterocycles. The molecule has 0 unspecified atom stereocenters. The number of pyridine rings is 1. The van der Waals surface area contributed by atoms with Crippen LogP contribution in [0.2, 0.25) is 0 Å². The average Bonchev–Trinajstić information content (AvgIpc) is 2.74. The summed E-state index contributed by atoms with van der Waals surface area (Å²) in [6.45, 7) is 0.882. The molecule has 15 heavy (non-hydrogen) atoms. The van der Waals surface area contributed by atoms with Crippen LogP contribution in [-0.2, 0) is 6.42 Å². The highest BCUT2D eigenvalue weighted by Gasteiger charge is 1.97. The fraction of sp³-hybridized carbons (Fsp3) is 0.182. The van der Waals surface area contributed by atoms with Gasteiger partial charge in [0.25, 0.3) is 0 Å². The zero-order chi connectivity index (χ0) is 10.5. The molecule has 2 rings (SSSR count). The Bertz CT molecular complexity index is 412. The topological polar surface area (TPSA) is 50.9 Å². The molecule has 0 amide bonds. The molecule has 0 saturated carbocycles. The lowest BCUT2D eigenvalue weighted by Gasteiger charge is -2.06. The second-order valence-corrected chi connectivity index (χ2v) is 4.02. The van der Waals surface area contributed by atoms with E-state index in [4.69, 9.17) is 5.73 Å². The Morgan fingerprint density at radius 2 is 2.33 bits per heavy atom. The molecule has 0 bridgehead atoms. The highest BCUT2D eigenvalue weighted by molar-refractivity contribution is 7.07. The largest absolute Gasteiger partial charge is 0.382 e. The maximum Gasteiger partial charge on any atom is 0.146 e. The Labute approximate surface area is 93.0 Å². The van der Waals surface area contributed by atoms with Crippen molar-refractivity contribution in [3.8, 4) is 0 Å². The molecular formula is C11H13N3S. The van der Waals surface area contributed by atoms with Gasteiger partial charge >= 0.3 is 0 Å². The predicted octanol–water partition coefficient (Wildman–Crippen LogP) is 2.38. The second-order valence-electron chi connectivity index (χ2n) is 3.24.